The lowest BCUT2D eigenvalue weighted by atomic mass is 10.1. The molecule has 1 aromatic carbocycles. The standard InChI is InChI=1S/C21H27N7O2/c1-14-11-19(27(2)3)25-21(24-14)23-10-9-22-20(29)18-13-17(26-28(18)4)15-7-6-8-16(12-15)30-5/h6-8,11-13H,9-10H2,1-5H3,(H,22,29)(H,23,24,25). The van der Waals surface area contributed by atoms with Crippen LogP contribution in [0.15, 0.2) is 36.4 Å². The minimum Gasteiger partial charge on any atom is -0.497 e. The minimum absolute atomic E-state index is 0.194. The van der Waals surface area contributed by atoms with E-state index in [0.717, 1.165) is 22.8 Å². The molecule has 0 fully saturated rings. The number of nitrogens with one attached hydrogen (secondary N) is 2. The summed E-state index contributed by atoms with van der Waals surface area (Å²) in [5, 5.41) is 10.5. The van der Waals surface area contributed by atoms with E-state index in [9.17, 15) is 4.79 Å². The monoisotopic (exact) mass is 409 g/mol. The molecule has 158 valence electrons. The Balaban J connectivity index is 1.59. The SMILES string of the molecule is COc1cccc(-c2cc(C(=O)NCCNc3nc(C)cc(N(C)C)n3)n(C)n2)c1. The second kappa shape index (κ2) is 9.25. The van der Waals surface area contributed by atoms with Crippen molar-refractivity contribution in [3.63, 3.8) is 0 Å². The van der Waals surface area contributed by atoms with E-state index in [4.69, 9.17) is 4.74 Å². The number of nitrogens with zero attached hydrogens (tertiary/aromatic N) is 5. The highest BCUT2D eigenvalue weighted by atomic mass is 16.5. The number of rotatable bonds is 8. The zero-order valence-corrected chi connectivity index (χ0v) is 17.9. The van der Waals surface area contributed by atoms with Crippen molar-refractivity contribution in [1.82, 2.24) is 25.1 Å². The minimum atomic E-state index is -0.194. The molecule has 0 saturated heterocycles. The molecular weight excluding hydrogens is 382 g/mol. The van der Waals surface area contributed by atoms with Crippen LogP contribution >= 0.6 is 0 Å². The van der Waals surface area contributed by atoms with Crippen molar-refractivity contribution >= 4 is 17.7 Å². The molecule has 0 unspecified atom stereocenters. The van der Waals surface area contributed by atoms with E-state index in [-0.39, 0.29) is 5.91 Å². The number of hydrogen-bond acceptors (Lipinski definition) is 7. The second-order valence-electron chi connectivity index (χ2n) is 7.04. The summed E-state index contributed by atoms with van der Waals surface area (Å²) in [5.41, 5.74) is 2.96. The molecule has 1 amide bonds. The number of ether oxygens (including phenoxy) is 1. The number of amides is 1. The van der Waals surface area contributed by atoms with Crippen LogP contribution in [0.5, 0.6) is 5.75 Å². The first-order valence-corrected chi connectivity index (χ1v) is 9.61. The quantitative estimate of drug-likeness (QED) is 0.550. The van der Waals surface area contributed by atoms with E-state index in [2.05, 4.69) is 25.7 Å². The summed E-state index contributed by atoms with van der Waals surface area (Å²) in [6, 6.07) is 11.3. The molecule has 3 aromatic rings. The van der Waals surface area contributed by atoms with Crippen molar-refractivity contribution in [1.29, 1.82) is 0 Å². The summed E-state index contributed by atoms with van der Waals surface area (Å²) in [7, 11) is 7.23. The van der Waals surface area contributed by atoms with Crippen molar-refractivity contribution in [2.24, 2.45) is 7.05 Å². The van der Waals surface area contributed by atoms with Gasteiger partial charge in [-0.05, 0) is 25.1 Å². The number of methoxy groups -OCH3 is 1. The third-order valence-corrected chi connectivity index (χ3v) is 4.47. The zero-order valence-electron chi connectivity index (χ0n) is 17.9. The molecule has 9 heteroatoms. The van der Waals surface area contributed by atoms with Crippen LogP contribution in [0.4, 0.5) is 11.8 Å². The van der Waals surface area contributed by atoms with Crippen molar-refractivity contribution in [2.75, 3.05) is 44.5 Å². The molecule has 0 aliphatic carbocycles. The van der Waals surface area contributed by atoms with Gasteiger partial charge in [0, 0.05) is 51.6 Å². The maximum absolute atomic E-state index is 12.6. The van der Waals surface area contributed by atoms with Crippen LogP contribution in [-0.4, -0.2) is 60.0 Å². The number of anilines is 2. The smallest absolute Gasteiger partial charge is 0.269 e. The maximum atomic E-state index is 12.6. The Kier molecular flexibility index (Phi) is 6.51. The van der Waals surface area contributed by atoms with Crippen LogP contribution in [0.3, 0.4) is 0 Å². The normalized spacial score (nSPS) is 10.6. The first-order valence-electron chi connectivity index (χ1n) is 9.61. The Hall–Kier alpha value is -3.62. The van der Waals surface area contributed by atoms with Gasteiger partial charge in [-0.25, -0.2) is 4.98 Å². The molecule has 9 nitrogen and oxygen atoms in total. The molecular formula is C21H27N7O2. The lowest BCUT2D eigenvalue weighted by Crippen LogP contribution is -2.30. The van der Waals surface area contributed by atoms with Crippen LogP contribution in [0.2, 0.25) is 0 Å². The van der Waals surface area contributed by atoms with Crippen molar-refractivity contribution in [3.8, 4) is 17.0 Å². The third-order valence-electron chi connectivity index (χ3n) is 4.47. The number of carbonyl (C=O) groups excluding carboxylic acids is 1. The van der Waals surface area contributed by atoms with Gasteiger partial charge in [0.15, 0.2) is 0 Å². The Bertz CT molecular complexity index is 1030. The highest BCUT2D eigenvalue weighted by Gasteiger charge is 2.14. The fourth-order valence-corrected chi connectivity index (χ4v) is 2.90. The van der Waals surface area contributed by atoms with Gasteiger partial charge in [0.05, 0.1) is 12.8 Å². The van der Waals surface area contributed by atoms with Gasteiger partial charge < -0.3 is 20.3 Å². The molecule has 2 aromatic heterocycles. The summed E-state index contributed by atoms with van der Waals surface area (Å²) in [6.07, 6.45) is 0. The number of hydrogen-bond donors (Lipinski definition) is 2. The molecule has 0 aliphatic heterocycles. The molecule has 0 saturated carbocycles. The highest BCUT2D eigenvalue weighted by molar-refractivity contribution is 5.93. The van der Waals surface area contributed by atoms with E-state index in [1.54, 1.807) is 24.9 Å². The summed E-state index contributed by atoms with van der Waals surface area (Å²) in [5.74, 6) is 1.91. The average Bonchev–Trinajstić information content (AvgIpc) is 3.12. The lowest BCUT2D eigenvalue weighted by Gasteiger charge is -2.14. The fraction of sp³-hybridized carbons (Fsp3) is 0.333. The number of benzene rings is 1. The van der Waals surface area contributed by atoms with Crippen LogP contribution in [0, 0.1) is 6.92 Å². The topological polar surface area (TPSA) is 97.2 Å². The summed E-state index contributed by atoms with van der Waals surface area (Å²) in [4.78, 5) is 23.3. The predicted molar refractivity (Wildman–Crippen MR) is 117 cm³/mol. The summed E-state index contributed by atoms with van der Waals surface area (Å²) >= 11 is 0. The van der Waals surface area contributed by atoms with E-state index >= 15 is 0 Å². The number of aromatic nitrogens is 4. The number of aryl methyl sites for hydroxylation is 2. The molecule has 30 heavy (non-hydrogen) atoms. The average molecular weight is 409 g/mol. The van der Waals surface area contributed by atoms with Gasteiger partial charge in [-0.2, -0.15) is 10.1 Å². The van der Waals surface area contributed by atoms with Gasteiger partial charge in [0.1, 0.15) is 17.3 Å². The van der Waals surface area contributed by atoms with Gasteiger partial charge >= 0.3 is 0 Å². The van der Waals surface area contributed by atoms with E-state index in [1.807, 2.05) is 56.3 Å². The van der Waals surface area contributed by atoms with E-state index < -0.39 is 0 Å². The van der Waals surface area contributed by atoms with Crippen LogP contribution in [0.1, 0.15) is 16.2 Å². The van der Waals surface area contributed by atoms with Crippen LogP contribution in [-0.2, 0) is 7.05 Å². The Morgan fingerprint density at radius 3 is 2.70 bits per heavy atom. The summed E-state index contributed by atoms with van der Waals surface area (Å²) in [6.45, 7) is 2.85. The van der Waals surface area contributed by atoms with Gasteiger partial charge in [0.2, 0.25) is 5.95 Å². The Morgan fingerprint density at radius 2 is 1.97 bits per heavy atom. The first-order chi connectivity index (χ1) is 14.4. The molecule has 0 radical (unpaired) electrons. The van der Waals surface area contributed by atoms with Crippen molar-refractivity contribution in [3.05, 3.63) is 47.8 Å². The maximum Gasteiger partial charge on any atom is 0.269 e. The Labute approximate surface area is 176 Å². The fourth-order valence-electron chi connectivity index (χ4n) is 2.90. The molecule has 0 bridgehead atoms. The molecule has 3 rings (SSSR count). The van der Waals surface area contributed by atoms with Crippen molar-refractivity contribution in [2.45, 2.75) is 6.92 Å². The molecule has 0 spiro atoms. The molecule has 0 aliphatic rings. The molecule has 2 N–H and O–H groups in total. The first kappa shape index (κ1) is 21.1. The van der Waals surface area contributed by atoms with Gasteiger partial charge in [0.25, 0.3) is 5.91 Å². The predicted octanol–water partition coefficient (Wildman–Crippen LogP) is 2.10. The second-order valence-corrected chi connectivity index (χ2v) is 7.04. The van der Waals surface area contributed by atoms with Gasteiger partial charge in [-0.15, -0.1) is 0 Å². The van der Waals surface area contributed by atoms with Crippen LogP contribution < -0.4 is 20.3 Å². The van der Waals surface area contributed by atoms with E-state index in [0.29, 0.717) is 30.4 Å². The van der Waals surface area contributed by atoms with Gasteiger partial charge in [-0.3, -0.25) is 9.48 Å². The van der Waals surface area contributed by atoms with Crippen LogP contribution in [0.25, 0.3) is 11.3 Å². The summed E-state index contributed by atoms with van der Waals surface area (Å²) < 4.78 is 6.83. The zero-order chi connectivity index (χ0) is 21.7. The Morgan fingerprint density at radius 1 is 1.17 bits per heavy atom. The molecule has 2 heterocycles. The van der Waals surface area contributed by atoms with E-state index in [1.165, 1.54) is 0 Å². The largest absolute Gasteiger partial charge is 0.497 e. The molecule has 0 atom stereocenters. The lowest BCUT2D eigenvalue weighted by molar-refractivity contribution is 0.0945. The van der Waals surface area contributed by atoms with Crippen molar-refractivity contribution < 1.29 is 9.53 Å². The van der Waals surface area contributed by atoms with Gasteiger partial charge in [-0.1, -0.05) is 12.1 Å². The number of carbonyl (C=O) groups is 1. The third kappa shape index (κ3) is 5.05. The highest BCUT2D eigenvalue weighted by Crippen LogP contribution is 2.23.